The number of hydrogen-bond donors (Lipinski definition) is 3. The number of carbonyl (C=O) groups is 3. The van der Waals surface area contributed by atoms with Gasteiger partial charge in [-0.3, -0.25) is 14.4 Å². The summed E-state index contributed by atoms with van der Waals surface area (Å²) in [5, 5.41) is 5.27. The van der Waals surface area contributed by atoms with Gasteiger partial charge in [0.2, 0.25) is 11.8 Å². The minimum Gasteiger partial charge on any atom is -0.490 e. The van der Waals surface area contributed by atoms with Gasteiger partial charge in [0.1, 0.15) is 0 Å². The van der Waals surface area contributed by atoms with Crippen LogP contribution >= 0.6 is 11.6 Å². The lowest BCUT2D eigenvalue weighted by Gasteiger charge is -2.12. The van der Waals surface area contributed by atoms with Crippen molar-refractivity contribution < 1.29 is 23.9 Å². The molecule has 0 bridgehead atoms. The first-order chi connectivity index (χ1) is 13.8. The van der Waals surface area contributed by atoms with Gasteiger partial charge in [-0.25, -0.2) is 0 Å². The van der Waals surface area contributed by atoms with Crippen LogP contribution in [0.1, 0.15) is 34.6 Å². The summed E-state index contributed by atoms with van der Waals surface area (Å²) in [6, 6.07) is 9.12. The van der Waals surface area contributed by atoms with Crippen molar-refractivity contribution in [1.29, 1.82) is 0 Å². The van der Waals surface area contributed by atoms with E-state index in [0.29, 0.717) is 36.0 Å². The highest BCUT2D eigenvalue weighted by Gasteiger charge is 2.14. The van der Waals surface area contributed by atoms with E-state index in [2.05, 4.69) is 10.6 Å². The van der Waals surface area contributed by atoms with Crippen LogP contribution in [0, 0.1) is 0 Å². The van der Waals surface area contributed by atoms with E-state index in [0.717, 1.165) is 0 Å². The second-order valence-electron chi connectivity index (χ2n) is 5.82. The van der Waals surface area contributed by atoms with E-state index < -0.39 is 17.7 Å². The molecule has 0 saturated heterocycles. The van der Waals surface area contributed by atoms with E-state index in [1.165, 1.54) is 18.2 Å². The van der Waals surface area contributed by atoms with Crippen LogP contribution in [0.5, 0.6) is 11.5 Å². The minimum atomic E-state index is -0.708. The summed E-state index contributed by atoms with van der Waals surface area (Å²) in [5.74, 6) is -0.645. The largest absolute Gasteiger partial charge is 0.490 e. The Morgan fingerprint density at radius 2 is 1.69 bits per heavy atom. The fraction of sp³-hybridized carbons (Fsp3) is 0.250. The Kier molecular flexibility index (Phi) is 7.85. The zero-order chi connectivity index (χ0) is 21.4. The summed E-state index contributed by atoms with van der Waals surface area (Å²) >= 11 is 5.87. The smallest absolute Gasteiger partial charge is 0.251 e. The van der Waals surface area contributed by atoms with Crippen molar-refractivity contribution in [3.8, 4) is 11.5 Å². The molecule has 29 heavy (non-hydrogen) atoms. The molecule has 3 amide bonds. The number of amides is 3. The van der Waals surface area contributed by atoms with E-state index in [4.69, 9.17) is 26.8 Å². The van der Waals surface area contributed by atoms with Crippen molar-refractivity contribution in [2.45, 2.75) is 13.8 Å². The standard InChI is InChI=1S/C20H22ClN3O5/c1-3-28-16-8-5-12(9-17(16)29-4-2)20(27)23-11-18(25)24-13-6-7-15(21)14(10-13)19(22)26/h5-10H,3-4,11H2,1-2H3,(H2,22,26)(H,23,27)(H,24,25). The van der Waals surface area contributed by atoms with Gasteiger partial charge in [0.15, 0.2) is 11.5 Å². The Labute approximate surface area is 173 Å². The van der Waals surface area contributed by atoms with Crippen LogP contribution in [0.25, 0.3) is 0 Å². The van der Waals surface area contributed by atoms with Gasteiger partial charge in [0.25, 0.3) is 5.91 Å². The Morgan fingerprint density at radius 1 is 1.00 bits per heavy atom. The molecule has 0 fully saturated rings. The monoisotopic (exact) mass is 419 g/mol. The van der Waals surface area contributed by atoms with Crippen molar-refractivity contribution in [2.75, 3.05) is 25.1 Å². The first-order valence-electron chi connectivity index (χ1n) is 8.92. The Morgan fingerprint density at radius 3 is 2.34 bits per heavy atom. The van der Waals surface area contributed by atoms with Gasteiger partial charge in [-0.2, -0.15) is 0 Å². The molecule has 0 spiro atoms. The van der Waals surface area contributed by atoms with Crippen molar-refractivity contribution >= 4 is 35.0 Å². The van der Waals surface area contributed by atoms with E-state index >= 15 is 0 Å². The molecule has 9 heteroatoms. The van der Waals surface area contributed by atoms with Crippen LogP contribution in [-0.4, -0.2) is 37.5 Å². The molecule has 8 nitrogen and oxygen atoms in total. The van der Waals surface area contributed by atoms with Gasteiger partial charge in [0.05, 0.1) is 30.3 Å². The third kappa shape index (κ3) is 6.11. The maximum Gasteiger partial charge on any atom is 0.251 e. The van der Waals surface area contributed by atoms with Crippen LogP contribution in [0.2, 0.25) is 5.02 Å². The molecule has 2 rings (SSSR count). The Hall–Kier alpha value is -3.26. The molecule has 2 aromatic carbocycles. The molecular weight excluding hydrogens is 398 g/mol. The number of ether oxygens (including phenoxy) is 2. The van der Waals surface area contributed by atoms with Gasteiger partial charge in [-0.1, -0.05) is 11.6 Å². The zero-order valence-electron chi connectivity index (χ0n) is 16.1. The van der Waals surface area contributed by atoms with Crippen LogP contribution in [0.3, 0.4) is 0 Å². The molecule has 0 saturated carbocycles. The quantitative estimate of drug-likeness (QED) is 0.577. The summed E-state index contributed by atoms with van der Waals surface area (Å²) in [4.78, 5) is 35.8. The molecule has 0 aromatic heterocycles. The van der Waals surface area contributed by atoms with E-state index in [1.54, 1.807) is 18.2 Å². The lowest BCUT2D eigenvalue weighted by Crippen LogP contribution is -2.32. The number of halogens is 1. The second-order valence-corrected chi connectivity index (χ2v) is 6.22. The first-order valence-corrected chi connectivity index (χ1v) is 9.30. The topological polar surface area (TPSA) is 120 Å². The number of rotatable bonds is 9. The third-order valence-electron chi connectivity index (χ3n) is 3.73. The normalized spacial score (nSPS) is 10.2. The highest BCUT2D eigenvalue weighted by Crippen LogP contribution is 2.28. The van der Waals surface area contributed by atoms with Gasteiger partial charge in [0, 0.05) is 11.3 Å². The lowest BCUT2D eigenvalue weighted by atomic mass is 10.2. The summed E-state index contributed by atoms with van der Waals surface area (Å²) in [6.45, 7) is 4.29. The number of primary amides is 1. The molecular formula is C20H22ClN3O5. The summed E-state index contributed by atoms with van der Waals surface area (Å²) in [7, 11) is 0. The maximum absolute atomic E-state index is 12.3. The minimum absolute atomic E-state index is 0.0892. The highest BCUT2D eigenvalue weighted by atomic mass is 35.5. The molecule has 4 N–H and O–H groups in total. The van der Waals surface area contributed by atoms with Crippen LogP contribution < -0.4 is 25.8 Å². The van der Waals surface area contributed by atoms with E-state index in [9.17, 15) is 14.4 Å². The molecule has 0 aliphatic rings. The average Bonchev–Trinajstić information content (AvgIpc) is 2.69. The summed E-state index contributed by atoms with van der Waals surface area (Å²) in [5.41, 5.74) is 5.98. The lowest BCUT2D eigenvalue weighted by molar-refractivity contribution is -0.115. The molecule has 0 aliphatic carbocycles. The van der Waals surface area contributed by atoms with E-state index in [1.807, 2.05) is 13.8 Å². The second kappa shape index (κ2) is 10.3. The molecule has 0 heterocycles. The Bertz CT molecular complexity index is 917. The number of nitrogens with one attached hydrogen (secondary N) is 2. The molecule has 0 aliphatic heterocycles. The average molecular weight is 420 g/mol. The first kappa shape index (κ1) is 22.0. The number of nitrogens with two attached hydrogens (primary N) is 1. The van der Waals surface area contributed by atoms with Crippen LogP contribution in [0.4, 0.5) is 5.69 Å². The van der Waals surface area contributed by atoms with Crippen molar-refractivity contribution in [3.05, 3.63) is 52.5 Å². The van der Waals surface area contributed by atoms with Crippen LogP contribution in [0.15, 0.2) is 36.4 Å². The number of carbonyl (C=O) groups excluding carboxylic acids is 3. The zero-order valence-corrected chi connectivity index (χ0v) is 16.8. The summed E-state index contributed by atoms with van der Waals surface area (Å²) in [6.07, 6.45) is 0. The fourth-order valence-corrected chi connectivity index (χ4v) is 2.66. The highest BCUT2D eigenvalue weighted by molar-refractivity contribution is 6.34. The molecule has 0 unspecified atom stereocenters. The van der Waals surface area contributed by atoms with Crippen molar-refractivity contribution in [2.24, 2.45) is 5.73 Å². The molecule has 2 aromatic rings. The molecule has 154 valence electrons. The van der Waals surface area contributed by atoms with E-state index in [-0.39, 0.29) is 17.1 Å². The SMILES string of the molecule is CCOc1ccc(C(=O)NCC(=O)Nc2ccc(Cl)c(C(N)=O)c2)cc1OCC. The van der Waals surface area contributed by atoms with Crippen molar-refractivity contribution in [1.82, 2.24) is 5.32 Å². The number of hydrogen-bond acceptors (Lipinski definition) is 5. The predicted octanol–water partition coefficient (Wildman–Crippen LogP) is 2.60. The van der Waals surface area contributed by atoms with Gasteiger partial charge < -0.3 is 25.8 Å². The van der Waals surface area contributed by atoms with Gasteiger partial charge in [-0.05, 0) is 50.2 Å². The summed E-state index contributed by atoms with van der Waals surface area (Å²) < 4.78 is 11.0. The number of anilines is 1. The fourth-order valence-electron chi connectivity index (χ4n) is 2.45. The predicted molar refractivity (Wildman–Crippen MR) is 110 cm³/mol. The third-order valence-corrected chi connectivity index (χ3v) is 4.06. The maximum atomic E-state index is 12.3. The Balaban J connectivity index is 2.00. The van der Waals surface area contributed by atoms with Gasteiger partial charge in [-0.15, -0.1) is 0 Å². The number of benzene rings is 2. The van der Waals surface area contributed by atoms with Gasteiger partial charge >= 0.3 is 0 Å². The van der Waals surface area contributed by atoms with Crippen LogP contribution in [-0.2, 0) is 4.79 Å². The molecule has 0 radical (unpaired) electrons. The van der Waals surface area contributed by atoms with Crippen molar-refractivity contribution in [3.63, 3.8) is 0 Å². The molecule has 0 atom stereocenters.